The Morgan fingerprint density at radius 3 is 2.71 bits per heavy atom. The molecule has 3 nitrogen and oxygen atoms in total. The molecule has 0 saturated carbocycles. The van der Waals surface area contributed by atoms with Crippen molar-refractivity contribution in [3.8, 4) is 12.3 Å². The van der Waals surface area contributed by atoms with Crippen molar-refractivity contribution in [1.29, 1.82) is 0 Å². The minimum atomic E-state index is 0.673. The molecule has 1 N–H and O–H groups in total. The van der Waals surface area contributed by atoms with E-state index in [0.29, 0.717) is 5.92 Å². The summed E-state index contributed by atoms with van der Waals surface area (Å²) in [4.78, 5) is 0. The van der Waals surface area contributed by atoms with Crippen molar-refractivity contribution in [3.63, 3.8) is 0 Å². The molecule has 1 heterocycles. The van der Waals surface area contributed by atoms with E-state index in [4.69, 9.17) is 6.42 Å². The van der Waals surface area contributed by atoms with Crippen LogP contribution in [0.5, 0.6) is 0 Å². The van der Waals surface area contributed by atoms with Gasteiger partial charge in [0.15, 0.2) is 0 Å². The van der Waals surface area contributed by atoms with Crippen molar-refractivity contribution in [2.45, 2.75) is 47.2 Å². The van der Waals surface area contributed by atoms with E-state index in [2.05, 4.69) is 44.0 Å². The maximum absolute atomic E-state index is 5.28. The number of nitrogens with zero attached hydrogens (tertiary/aromatic N) is 2. The van der Waals surface area contributed by atoms with Crippen LogP contribution in [-0.2, 0) is 13.1 Å². The van der Waals surface area contributed by atoms with Gasteiger partial charge in [0.1, 0.15) is 0 Å². The summed E-state index contributed by atoms with van der Waals surface area (Å²) in [6.07, 6.45) is 6.02. The highest BCUT2D eigenvalue weighted by atomic mass is 15.3. The third-order valence-electron chi connectivity index (χ3n) is 2.85. The van der Waals surface area contributed by atoms with Crippen LogP contribution in [0.25, 0.3) is 0 Å². The van der Waals surface area contributed by atoms with E-state index in [1.165, 1.54) is 11.3 Å². The van der Waals surface area contributed by atoms with Gasteiger partial charge in [-0.1, -0.05) is 13.8 Å². The third-order valence-corrected chi connectivity index (χ3v) is 2.85. The van der Waals surface area contributed by atoms with Gasteiger partial charge in [-0.15, -0.1) is 12.3 Å². The van der Waals surface area contributed by atoms with Gasteiger partial charge in [-0.25, -0.2) is 0 Å². The van der Waals surface area contributed by atoms with E-state index in [-0.39, 0.29) is 0 Å². The highest BCUT2D eigenvalue weighted by Crippen LogP contribution is 2.13. The number of aryl methyl sites for hydroxylation is 2. The molecule has 0 saturated heterocycles. The Morgan fingerprint density at radius 2 is 2.12 bits per heavy atom. The Bertz CT molecular complexity index is 396. The second-order valence-electron chi connectivity index (χ2n) is 4.85. The number of hydrogen-bond donors (Lipinski definition) is 1. The molecule has 1 aromatic heterocycles. The molecule has 3 heteroatoms. The maximum Gasteiger partial charge on any atom is 0.0641 e. The molecule has 0 fully saturated rings. The molecule has 0 spiro atoms. The topological polar surface area (TPSA) is 29.9 Å². The van der Waals surface area contributed by atoms with Crippen molar-refractivity contribution >= 4 is 0 Å². The van der Waals surface area contributed by atoms with Gasteiger partial charge in [-0.2, -0.15) is 5.10 Å². The predicted molar refractivity (Wildman–Crippen MR) is 71.7 cm³/mol. The molecule has 17 heavy (non-hydrogen) atoms. The molecule has 0 unspecified atom stereocenters. The quantitative estimate of drug-likeness (QED) is 0.764. The molecule has 0 amide bonds. The Labute approximate surface area is 105 Å². The summed E-state index contributed by atoms with van der Waals surface area (Å²) in [5.41, 5.74) is 3.65. The number of aromatic nitrogens is 2. The molecule has 0 aliphatic rings. The third kappa shape index (κ3) is 3.90. The van der Waals surface area contributed by atoms with Gasteiger partial charge >= 0.3 is 0 Å². The monoisotopic (exact) mass is 233 g/mol. The molecular weight excluding hydrogens is 210 g/mol. The van der Waals surface area contributed by atoms with E-state index in [1.807, 2.05) is 4.68 Å². The van der Waals surface area contributed by atoms with E-state index >= 15 is 0 Å². The van der Waals surface area contributed by atoms with Gasteiger partial charge in [0, 0.05) is 24.2 Å². The Balaban J connectivity index is 2.65. The molecule has 0 aliphatic carbocycles. The van der Waals surface area contributed by atoms with Gasteiger partial charge in [0.05, 0.1) is 12.2 Å². The smallest absolute Gasteiger partial charge is 0.0641 e. The zero-order chi connectivity index (χ0) is 12.8. The second-order valence-corrected chi connectivity index (χ2v) is 4.85. The highest BCUT2D eigenvalue weighted by molar-refractivity contribution is 5.24. The van der Waals surface area contributed by atoms with Crippen molar-refractivity contribution in [2.24, 2.45) is 5.92 Å². The van der Waals surface area contributed by atoms with Crippen LogP contribution in [0.3, 0.4) is 0 Å². The number of terminal acetylenes is 1. The summed E-state index contributed by atoms with van der Waals surface area (Å²) in [6, 6.07) is 0. The molecular formula is C14H23N3. The van der Waals surface area contributed by atoms with Crippen LogP contribution in [0.1, 0.15) is 37.2 Å². The molecule has 0 atom stereocenters. The van der Waals surface area contributed by atoms with Crippen LogP contribution < -0.4 is 5.32 Å². The van der Waals surface area contributed by atoms with Crippen LogP contribution in [0.4, 0.5) is 0 Å². The minimum Gasteiger partial charge on any atom is -0.312 e. The van der Waals surface area contributed by atoms with Crippen molar-refractivity contribution in [3.05, 3.63) is 17.0 Å². The molecule has 0 aromatic carbocycles. The Kier molecular flexibility index (Phi) is 5.24. The minimum absolute atomic E-state index is 0.673. The number of nitrogens with one attached hydrogen (secondary N) is 1. The first-order valence-electron chi connectivity index (χ1n) is 6.23. The zero-order valence-electron chi connectivity index (χ0n) is 11.4. The average molecular weight is 233 g/mol. The summed E-state index contributed by atoms with van der Waals surface area (Å²) >= 11 is 0. The normalized spacial score (nSPS) is 10.8. The van der Waals surface area contributed by atoms with Crippen LogP contribution in [0, 0.1) is 32.1 Å². The van der Waals surface area contributed by atoms with E-state index in [1.54, 1.807) is 0 Å². The van der Waals surface area contributed by atoms with Gasteiger partial charge in [0.25, 0.3) is 0 Å². The lowest BCUT2D eigenvalue weighted by Crippen LogP contribution is -2.19. The first-order valence-corrected chi connectivity index (χ1v) is 6.23. The Morgan fingerprint density at radius 1 is 1.41 bits per heavy atom. The zero-order valence-corrected chi connectivity index (χ0v) is 11.4. The number of rotatable bonds is 6. The fourth-order valence-corrected chi connectivity index (χ4v) is 1.86. The summed E-state index contributed by atoms with van der Waals surface area (Å²) in [7, 11) is 0. The van der Waals surface area contributed by atoms with Gasteiger partial charge in [0.2, 0.25) is 0 Å². The van der Waals surface area contributed by atoms with Crippen LogP contribution in [0.15, 0.2) is 0 Å². The lowest BCUT2D eigenvalue weighted by Gasteiger charge is -2.08. The summed E-state index contributed by atoms with van der Waals surface area (Å²) in [6.45, 7) is 11.3. The molecule has 1 aromatic rings. The summed E-state index contributed by atoms with van der Waals surface area (Å²) in [5.74, 6) is 3.33. The fraction of sp³-hybridized carbons (Fsp3) is 0.643. The van der Waals surface area contributed by atoms with E-state index in [9.17, 15) is 0 Å². The summed E-state index contributed by atoms with van der Waals surface area (Å²) < 4.78 is 2.02. The lowest BCUT2D eigenvalue weighted by molar-refractivity contribution is 0.549. The molecule has 94 valence electrons. The first kappa shape index (κ1) is 13.8. The molecule has 0 aliphatic heterocycles. The SMILES string of the molecule is C#CCCn1nc(C)c(CNCC(C)C)c1C. The van der Waals surface area contributed by atoms with Gasteiger partial charge in [-0.05, 0) is 26.3 Å². The second kappa shape index (κ2) is 6.46. The van der Waals surface area contributed by atoms with E-state index < -0.39 is 0 Å². The largest absolute Gasteiger partial charge is 0.312 e. The van der Waals surface area contributed by atoms with Crippen molar-refractivity contribution in [2.75, 3.05) is 6.54 Å². The first-order chi connectivity index (χ1) is 8.06. The maximum atomic E-state index is 5.28. The van der Waals surface area contributed by atoms with Crippen LogP contribution in [-0.4, -0.2) is 16.3 Å². The van der Waals surface area contributed by atoms with Crippen molar-refractivity contribution in [1.82, 2.24) is 15.1 Å². The van der Waals surface area contributed by atoms with Crippen LogP contribution in [0.2, 0.25) is 0 Å². The van der Waals surface area contributed by atoms with Gasteiger partial charge in [-0.3, -0.25) is 4.68 Å². The molecule has 0 bridgehead atoms. The fourth-order valence-electron chi connectivity index (χ4n) is 1.86. The average Bonchev–Trinajstić information content (AvgIpc) is 2.53. The van der Waals surface area contributed by atoms with E-state index in [0.717, 1.165) is 31.7 Å². The number of hydrogen-bond acceptors (Lipinski definition) is 2. The standard InChI is InChI=1S/C14H23N3/c1-6-7-8-17-13(5)14(12(4)16-17)10-15-9-11(2)3/h1,11,15H,7-10H2,2-5H3. The van der Waals surface area contributed by atoms with Crippen LogP contribution >= 0.6 is 0 Å². The molecule has 1 rings (SSSR count). The predicted octanol–water partition coefficient (Wildman–Crippen LogP) is 2.27. The Hall–Kier alpha value is -1.27. The molecule has 0 radical (unpaired) electrons. The summed E-state index contributed by atoms with van der Waals surface area (Å²) in [5, 5.41) is 7.99. The van der Waals surface area contributed by atoms with Crippen molar-refractivity contribution < 1.29 is 0 Å². The highest BCUT2D eigenvalue weighted by Gasteiger charge is 2.10. The van der Waals surface area contributed by atoms with Gasteiger partial charge < -0.3 is 5.32 Å². The lowest BCUT2D eigenvalue weighted by atomic mass is 10.2.